The van der Waals surface area contributed by atoms with Gasteiger partial charge >= 0.3 is 6.10 Å². The highest BCUT2D eigenvalue weighted by molar-refractivity contribution is 7.13. The van der Waals surface area contributed by atoms with Gasteiger partial charge in [-0.05, 0) is 25.0 Å². The lowest BCUT2D eigenvalue weighted by atomic mass is 10.1. The molecule has 1 saturated carbocycles. The Labute approximate surface area is 220 Å². The van der Waals surface area contributed by atoms with Gasteiger partial charge in [0.1, 0.15) is 10.7 Å². The van der Waals surface area contributed by atoms with Crippen molar-refractivity contribution >= 4 is 46.3 Å². The summed E-state index contributed by atoms with van der Waals surface area (Å²) in [6.07, 6.45) is -1.98. The van der Waals surface area contributed by atoms with E-state index in [-0.39, 0.29) is 34.9 Å². The maximum Gasteiger partial charge on any atom is 0.369 e. The van der Waals surface area contributed by atoms with E-state index in [0.29, 0.717) is 22.0 Å². The van der Waals surface area contributed by atoms with Crippen LogP contribution in [-0.2, 0) is 4.79 Å². The molecule has 38 heavy (non-hydrogen) atoms. The molecule has 0 aliphatic heterocycles. The number of nitrogens with one attached hydrogen (secondary N) is 3. The Kier molecular flexibility index (Phi) is 7.54. The number of rotatable bonds is 9. The number of methoxy groups -OCH3 is 1. The SMILES string of the molecule is COc1c(Nc2cc(NC(=O)C3CC3)nnc2C(=O)NC(O)(O)O)cccc1-c1nc(C(=O)N(C)C)cs1. The molecule has 1 aromatic carbocycles. The Balaban J connectivity index is 1.71. The number of nitrogens with zero attached hydrogens (tertiary/aromatic N) is 4. The van der Waals surface area contributed by atoms with Gasteiger partial charge in [-0.1, -0.05) is 6.07 Å². The number of benzene rings is 1. The van der Waals surface area contributed by atoms with Crippen molar-refractivity contribution in [2.45, 2.75) is 18.9 Å². The molecule has 2 heterocycles. The molecule has 1 aliphatic rings. The van der Waals surface area contributed by atoms with Gasteiger partial charge in [-0.2, -0.15) is 0 Å². The number of aromatic nitrogens is 3. The molecule has 3 amide bonds. The quantitative estimate of drug-likeness (QED) is 0.208. The first kappa shape index (κ1) is 26.9. The zero-order valence-corrected chi connectivity index (χ0v) is 21.4. The number of para-hydroxylation sites is 1. The highest BCUT2D eigenvalue weighted by Gasteiger charge is 2.31. The molecule has 1 aliphatic carbocycles. The van der Waals surface area contributed by atoms with Crippen LogP contribution in [0.4, 0.5) is 17.2 Å². The van der Waals surface area contributed by atoms with Crippen LogP contribution < -0.4 is 20.7 Å². The normalized spacial score (nSPS) is 13.0. The van der Waals surface area contributed by atoms with E-state index in [1.165, 1.54) is 29.4 Å². The molecule has 200 valence electrons. The Morgan fingerprint density at radius 1 is 1.13 bits per heavy atom. The standard InChI is InChI=1S/C23H25N7O7S/c1-30(2)22(33)15-10-38-21(25-15)12-5-4-6-13(18(12)37-3)24-14-9-16(26-19(31)11-7-8-11)28-29-17(14)20(32)27-23(34,35)36/h4-6,9-11,34-36H,7-8H2,1-3H3,(H,27,32)(H2,24,26,28,31). The number of carbonyl (C=O) groups excluding carboxylic acids is 3. The van der Waals surface area contributed by atoms with Gasteiger partial charge in [0.15, 0.2) is 17.3 Å². The predicted molar refractivity (Wildman–Crippen MR) is 136 cm³/mol. The van der Waals surface area contributed by atoms with Gasteiger partial charge in [0.25, 0.3) is 11.8 Å². The number of hydrogen-bond acceptors (Lipinski definition) is 12. The molecule has 0 bridgehead atoms. The van der Waals surface area contributed by atoms with E-state index in [1.807, 2.05) is 0 Å². The molecule has 3 aromatic rings. The van der Waals surface area contributed by atoms with Crippen LogP contribution in [0, 0.1) is 5.92 Å². The third-order valence-electron chi connectivity index (χ3n) is 5.34. The Morgan fingerprint density at radius 2 is 1.87 bits per heavy atom. The van der Waals surface area contributed by atoms with Crippen LogP contribution in [0.5, 0.6) is 5.75 Å². The van der Waals surface area contributed by atoms with E-state index in [0.717, 1.165) is 12.8 Å². The second-order valence-corrected chi connectivity index (χ2v) is 9.45. The number of thiazole rings is 1. The molecular weight excluding hydrogens is 518 g/mol. The summed E-state index contributed by atoms with van der Waals surface area (Å²) >= 11 is 1.24. The average molecular weight is 544 g/mol. The van der Waals surface area contributed by atoms with E-state index >= 15 is 0 Å². The van der Waals surface area contributed by atoms with Crippen molar-refractivity contribution in [3.63, 3.8) is 0 Å². The van der Waals surface area contributed by atoms with Crippen molar-refractivity contribution in [2.24, 2.45) is 5.92 Å². The topological polar surface area (TPSA) is 199 Å². The van der Waals surface area contributed by atoms with E-state index in [9.17, 15) is 29.7 Å². The summed E-state index contributed by atoms with van der Waals surface area (Å²) in [6.45, 7) is 0. The lowest BCUT2D eigenvalue weighted by Crippen LogP contribution is -2.48. The first-order chi connectivity index (χ1) is 18.0. The van der Waals surface area contributed by atoms with Crippen LogP contribution in [0.15, 0.2) is 29.6 Å². The minimum atomic E-state index is -3.50. The monoisotopic (exact) mass is 543 g/mol. The summed E-state index contributed by atoms with van der Waals surface area (Å²) in [5.41, 5.74) is 0.757. The van der Waals surface area contributed by atoms with E-state index in [4.69, 9.17) is 4.74 Å². The maximum absolute atomic E-state index is 12.6. The first-order valence-corrected chi connectivity index (χ1v) is 12.1. The first-order valence-electron chi connectivity index (χ1n) is 11.3. The summed E-state index contributed by atoms with van der Waals surface area (Å²) < 4.78 is 5.62. The van der Waals surface area contributed by atoms with Gasteiger partial charge in [0.05, 0.1) is 24.0 Å². The summed E-state index contributed by atoms with van der Waals surface area (Å²) in [5.74, 6) is -1.42. The summed E-state index contributed by atoms with van der Waals surface area (Å²) in [7, 11) is 4.68. The summed E-state index contributed by atoms with van der Waals surface area (Å²) in [4.78, 5) is 42.9. The number of hydrogen-bond donors (Lipinski definition) is 6. The van der Waals surface area contributed by atoms with Gasteiger partial charge in [-0.3, -0.25) is 19.7 Å². The van der Waals surface area contributed by atoms with Crippen molar-refractivity contribution in [2.75, 3.05) is 31.8 Å². The largest absolute Gasteiger partial charge is 0.494 e. The van der Waals surface area contributed by atoms with Crippen molar-refractivity contribution in [1.29, 1.82) is 0 Å². The number of carbonyl (C=O) groups is 3. The highest BCUT2D eigenvalue weighted by Crippen LogP contribution is 2.39. The second-order valence-electron chi connectivity index (χ2n) is 8.59. The van der Waals surface area contributed by atoms with Gasteiger partial charge in [-0.25, -0.2) is 4.98 Å². The summed E-state index contributed by atoms with van der Waals surface area (Å²) in [5, 5.41) is 44.5. The zero-order valence-electron chi connectivity index (χ0n) is 20.6. The van der Waals surface area contributed by atoms with Gasteiger partial charge in [-0.15, -0.1) is 21.5 Å². The van der Waals surface area contributed by atoms with Crippen LogP contribution >= 0.6 is 11.3 Å². The van der Waals surface area contributed by atoms with Crippen LogP contribution in [-0.4, -0.2) is 80.4 Å². The molecule has 15 heteroatoms. The lowest BCUT2D eigenvalue weighted by molar-refractivity contribution is -0.323. The number of aliphatic hydroxyl groups is 3. The fourth-order valence-electron chi connectivity index (χ4n) is 3.39. The number of amides is 3. The van der Waals surface area contributed by atoms with E-state index in [2.05, 4.69) is 25.8 Å². The molecule has 0 unspecified atom stereocenters. The molecule has 4 rings (SSSR count). The van der Waals surface area contributed by atoms with Crippen molar-refractivity contribution in [3.05, 3.63) is 41.0 Å². The third-order valence-corrected chi connectivity index (χ3v) is 6.21. The fraction of sp³-hybridized carbons (Fsp3) is 0.304. The van der Waals surface area contributed by atoms with Gasteiger partial charge < -0.3 is 35.6 Å². The molecule has 1 fully saturated rings. The minimum Gasteiger partial charge on any atom is -0.494 e. The highest BCUT2D eigenvalue weighted by atomic mass is 32.1. The van der Waals surface area contributed by atoms with Crippen LogP contribution in [0.3, 0.4) is 0 Å². The van der Waals surface area contributed by atoms with Gasteiger partial charge in [0, 0.05) is 31.5 Å². The van der Waals surface area contributed by atoms with Crippen LogP contribution in [0.2, 0.25) is 0 Å². The molecule has 14 nitrogen and oxygen atoms in total. The van der Waals surface area contributed by atoms with Crippen molar-refractivity contribution in [1.82, 2.24) is 25.4 Å². The van der Waals surface area contributed by atoms with E-state index < -0.39 is 17.7 Å². The Bertz CT molecular complexity index is 1380. The van der Waals surface area contributed by atoms with Crippen molar-refractivity contribution < 1.29 is 34.4 Å². The lowest BCUT2D eigenvalue weighted by Gasteiger charge is -2.18. The maximum atomic E-state index is 12.6. The average Bonchev–Trinajstić information content (AvgIpc) is 3.59. The van der Waals surface area contributed by atoms with Crippen molar-refractivity contribution in [3.8, 4) is 16.3 Å². The molecular formula is C23H25N7O7S. The molecule has 0 atom stereocenters. The molecule has 0 spiro atoms. The Hall–Kier alpha value is -4.18. The summed E-state index contributed by atoms with van der Waals surface area (Å²) in [6, 6.07) is 6.41. The Morgan fingerprint density at radius 3 is 2.50 bits per heavy atom. The fourth-order valence-corrected chi connectivity index (χ4v) is 4.21. The predicted octanol–water partition coefficient (Wildman–Crippen LogP) is 0.721. The third kappa shape index (κ3) is 6.20. The molecule has 2 aromatic heterocycles. The van der Waals surface area contributed by atoms with E-state index in [1.54, 1.807) is 43.0 Å². The number of anilines is 3. The molecule has 0 saturated heterocycles. The second kappa shape index (κ2) is 10.7. The number of ether oxygens (including phenoxy) is 1. The smallest absolute Gasteiger partial charge is 0.369 e. The minimum absolute atomic E-state index is 0.00547. The van der Waals surface area contributed by atoms with Crippen LogP contribution in [0.1, 0.15) is 33.8 Å². The zero-order chi connectivity index (χ0) is 27.6. The molecule has 0 radical (unpaired) electrons. The molecule has 6 N–H and O–H groups in total. The van der Waals surface area contributed by atoms with Gasteiger partial charge in [0.2, 0.25) is 5.91 Å². The van der Waals surface area contributed by atoms with Crippen LogP contribution in [0.25, 0.3) is 10.6 Å².